The molecule has 0 fully saturated rings. The molecular weight excluding hydrogens is 743 g/mol. The number of amides is 5. The van der Waals surface area contributed by atoms with E-state index in [0.29, 0.717) is 0 Å². The summed E-state index contributed by atoms with van der Waals surface area (Å²) in [6, 6.07) is 22.5. The molecule has 0 radical (unpaired) electrons. The lowest BCUT2D eigenvalue weighted by molar-refractivity contribution is -0.147. The van der Waals surface area contributed by atoms with Gasteiger partial charge in [-0.15, -0.1) is 0 Å². The van der Waals surface area contributed by atoms with Gasteiger partial charge >= 0.3 is 12.1 Å². The summed E-state index contributed by atoms with van der Waals surface area (Å²) in [6.07, 6.45) is -1.76. The number of hydrogen-bond acceptors (Lipinski definition) is 9. The highest BCUT2D eigenvalue weighted by atomic mass is 16.5. The molecule has 58 heavy (non-hydrogen) atoms. The van der Waals surface area contributed by atoms with Gasteiger partial charge in [0.25, 0.3) is 0 Å². The third-order valence-electron chi connectivity index (χ3n) is 9.67. The minimum atomic E-state index is -1.26. The van der Waals surface area contributed by atoms with Gasteiger partial charge in [-0.2, -0.15) is 0 Å². The van der Waals surface area contributed by atoms with Crippen LogP contribution in [0.5, 0.6) is 0 Å². The number of aliphatic hydroxyl groups excluding tert-OH is 1. The van der Waals surface area contributed by atoms with Crippen molar-refractivity contribution in [2.24, 2.45) is 17.8 Å². The fourth-order valence-electron chi connectivity index (χ4n) is 6.18. The summed E-state index contributed by atoms with van der Waals surface area (Å²) in [4.78, 5) is 79.0. The average molecular weight is 802 g/mol. The van der Waals surface area contributed by atoms with E-state index >= 15 is 0 Å². The quantitative estimate of drug-likeness (QED) is 0.0872. The van der Waals surface area contributed by atoms with Crippen molar-refractivity contribution in [3.05, 3.63) is 108 Å². The van der Waals surface area contributed by atoms with Gasteiger partial charge in [0, 0.05) is 5.92 Å². The van der Waals surface area contributed by atoms with Crippen LogP contribution in [0.15, 0.2) is 91.0 Å². The lowest BCUT2D eigenvalue weighted by Crippen LogP contribution is -2.57. The van der Waals surface area contributed by atoms with Gasteiger partial charge in [-0.3, -0.25) is 19.2 Å². The van der Waals surface area contributed by atoms with Gasteiger partial charge in [-0.05, 0) is 61.6 Å². The number of rotatable bonds is 21. The van der Waals surface area contributed by atoms with E-state index in [2.05, 4.69) is 26.6 Å². The first-order valence-electron chi connectivity index (χ1n) is 19.6. The summed E-state index contributed by atoms with van der Waals surface area (Å²) >= 11 is 0. The Labute approximate surface area is 341 Å². The fraction of sp³-hybridized carbons (Fsp3) is 0.455. The Morgan fingerprint density at radius 2 is 1.02 bits per heavy atom. The fourth-order valence-corrected chi connectivity index (χ4v) is 6.18. The number of hydrogen-bond donors (Lipinski definition) is 6. The van der Waals surface area contributed by atoms with Gasteiger partial charge in [0.05, 0.1) is 19.3 Å². The van der Waals surface area contributed by atoms with Crippen LogP contribution in [-0.2, 0) is 52.9 Å². The zero-order valence-electron chi connectivity index (χ0n) is 34.4. The summed E-state index contributed by atoms with van der Waals surface area (Å²) in [5.74, 6) is -4.37. The lowest BCUT2D eigenvalue weighted by Gasteiger charge is -2.30. The molecule has 0 aliphatic rings. The molecule has 6 N–H and O–H groups in total. The number of esters is 1. The zero-order chi connectivity index (χ0) is 42.8. The molecule has 14 nitrogen and oxygen atoms in total. The third kappa shape index (κ3) is 15.3. The van der Waals surface area contributed by atoms with Crippen molar-refractivity contribution >= 4 is 35.7 Å². The molecule has 314 valence electrons. The first kappa shape index (κ1) is 46.6. The SMILES string of the molecule is COC(=O)C(NC(=O)C(NC(=O)[C@H](Cc1ccccc1)C[C@H](O)[C@H](Cc1ccccc1)NC(=O)[C@H](C)NC(=O)[C@H](C)NC(=O)OCc1ccccc1)C(C)C)C(C)C. The molecule has 0 bridgehead atoms. The minimum Gasteiger partial charge on any atom is -0.467 e. The van der Waals surface area contributed by atoms with Crippen molar-refractivity contribution in [2.45, 2.75) is 104 Å². The van der Waals surface area contributed by atoms with E-state index < -0.39 is 77.9 Å². The van der Waals surface area contributed by atoms with Gasteiger partial charge in [-0.1, -0.05) is 119 Å². The first-order valence-corrected chi connectivity index (χ1v) is 19.6. The Morgan fingerprint density at radius 3 is 1.53 bits per heavy atom. The van der Waals surface area contributed by atoms with Crippen molar-refractivity contribution in [2.75, 3.05) is 7.11 Å². The van der Waals surface area contributed by atoms with E-state index in [9.17, 15) is 33.9 Å². The Bertz CT molecular complexity index is 1780. The monoisotopic (exact) mass is 801 g/mol. The second-order valence-corrected chi connectivity index (χ2v) is 15.1. The van der Waals surface area contributed by atoms with Crippen LogP contribution < -0.4 is 26.6 Å². The van der Waals surface area contributed by atoms with Crippen LogP contribution >= 0.6 is 0 Å². The second kappa shape index (κ2) is 23.5. The van der Waals surface area contributed by atoms with E-state index in [1.54, 1.807) is 39.8 Å². The van der Waals surface area contributed by atoms with Crippen LogP contribution in [0.1, 0.15) is 64.7 Å². The zero-order valence-corrected chi connectivity index (χ0v) is 34.4. The van der Waals surface area contributed by atoms with Crippen LogP contribution in [-0.4, -0.2) is 84.2 Å². The van der Waals surface area contributed by atoms with Crippen LogP contribution in [0, 0.1) is 17.8 Å². The first-order chi connectivity index (χ1) is 27.6. The van der Waals surface area contributed by atoms with Crippen LogP contribution in [0.25, 0.3) is 0 Å². The molecule has 0 saturated heterocycles. The van der Waals surface area contributed by atoms with Crippen molar-refractivity contribution in [3.63, 3.8) is 0 Å². The maximum atomic E-state index is 14.1. The van der Waals surface area contributed by atoms with Crippen molar-refractivity contribution < 1.29 is 43.3 Å². The van der Waals surface area contributed by atoms with Crippen molar-refractivity contribution in [3.8, 4) is 0 Å². The third-order valence-corrected chi connectivity index (χ3v) is 9.67. The number of benzene rings is 3. The summed E-state index contributed by atoms with van der Waals surface area (Å²) in [5, 5.41) is 25.4. The molecular formula is C44H59N5O9. The molecule has 3 rings (SSSR count). The molecule has 0 aliphatic carbocycles. The van der Waals surface area contributed by atoms with E-state index in [4.69, 9.17) is 9.47 Å². The second-order valence-electron chi connectivity index (χ2n) is 15.1. The molecule has 0 heterocycles. The van der Waals surface area contributed by atoms with Crippen molar-refractivity contribution in [1.82, 2.24) is 26.6 Å². The van der Waals surface area contributed by atoms with E-state index in [0.717, 1.165) is 16.7 Å². The molecule has 0 saturated carbocycles. The Hall–Kier alpha value is -5.76. The van der Waals surface area contributed by atoms with Crippen molar-refractivity contribution in [1.29, 1.82) is 0 Å². The molecule has 5 amide bonds. The van der Waals surface area contributed by atoms with Gasteiger partial charge in [0.15, 0.2) is 0 Å². The summed E-state index contributed by atoms with van der Waals surface area (Å²) in [6.45, 7) is 10.0. The number of alkyl carbamates (subject to hydrolysis) is 1. The highest BCUT2D eigenvalue weighted by Crippen LogP contribution is 2.20. The van der Waals surface area contributed by atoms with E-state index in [1.807, 2.05) is 78.9 Å². The largest absolute Gasteiger partial charge is 0.467 e. The summed E-state index contributed by atoms with van der Waals surface area (Å²) in [5.41, 5.74) is 2.40. The molecule has 0 aliphatic heterocycles. The highest BCUT2D eigenvalue weighted by molar-refractivity contribution is 5.92. The highest BCUT2D eigenvalue weighted by Gasteiger charge is 2.35. The van der Waals surface area contributed by atoms with Crippen LogP contribution in [0.3, 0.4) is 0 Å². The Balaban J connectivity index is 1.77. The predicted octanol–water partition coefficient (Wildman–Crippen LogP) is 3.60. The minimum absolute atomic E-state index is 0.0161. The molecule has 3 aromatic carbocycles. The summed E-state index contributed by atoms with van der Waals surface area (Å²) in [7, 11) is 1.24. The standard InChI is InChI=1S/C44H59N5O9/c1-27(2)37(42(54)49-38(28(3)4)43(55)57-7)48-41(53)34(23-31-17-11-8-12-18-31)25-36(50)35(24-32-19-13-9-14-20-32)47-40(52)29(5)45-39(51)30(6)46-44(56)58-26-33-21-15-10-16-22-33/h8-22,27-30,34-38,50H,23-26H2,1-7H3,(H,45,51)(H,46,56)(H,47,52)(H,48,53)(H,49,54)/t29-,30-,34+,35-,36-,37?,38?/m0/s1. The smallest absolute Gasteiger partial charge is 0.408 e. The number of ether oxygens (including phenoxy) is 2. The van der Waals surface area contributed by atoms with E-state index in [1.165, 1.54) is 21.0 Å². The average Bonchev–Trinajstić information content (AvgIpc) is 3.20. The molecule has 2 unspecified atom stereocenters. The predicted molar refractivity (Wildman–Crippen MR) is 219 cm³/mol. The number of methoxy groups -OCH3 is 1. The summed E-state index contributed by atoms with van der Waals surface area (Å²) < 4.78 is 10.1. The Morgan fingerprint density at radius 1 is 0.552 bits per heavy atom. The Kier molecular flexibility index (Phi) is 18.9. The maximum Gasteiger partial charge on any atom is 0.408 e. The number of aliphatic hydroxyl groups is 1. The van der Waals surface area contributed by atoms with Crippen LogP contribution in [0.4, 0.5) is 4.79 Å². The molecule has 3 aromatic rings. The molecule has 0 spiro atoms. The molecule has 0 aromatic heterocycles. The number of nitrogens with one attached hydrogen (secondary N) is 5. The van der Waals surface area contributed by atoms with E-state index in [-0.39, 0.29) is 37.7 Å². The normalized spacial score (nSPS) is 14.7. The molecule has 7 atom stereocenters. The maximum absolute atomic E-state index is 14.1. The van der Waals surface area contributed by atoms with Gasteiger partial charge in [0.1, 0.15) is 30.8 Å². The molecule has 14 heteroatoms. The number of carbonyl (C=O) groups excluding carboxylic acids is 6. The topological polar surface area (TPSA) is 201 Å². The lowest BCUT2D eigenvalue weighted by atomic mass is 9.88. The van der Waals surface area contributed by atoms with Crippen LogP contribution in [0.2, 0.25) is 0 Å². The number of carbonyl (C=O) groups is 6. The van der Waals surface area contributed by atoms with Gasteiger partial charge in [0.2, 0.25) is 23.6 Å². The van der Waals surface area contributed by atoms with Gasteiger partial charge < -0.3 is 41.2 Å². The van der Waals surface area contributed by atoms with Gasteiger partial charge in [-0.25, -0.2) is 9.59 Å².